The van der Waals surface area contributed by atoms with Gasteiger partial charge in [-0.05, 0) is 64.1 Å². The minimum absolute atomic E-state index is 0.364. The third-order valence-corrected chi connectivity index (χ3v) is 3.68. The molecule has 0 unspecified atom stereocenters. The van der Waals surface area contributed by atoms with Crippen LogP contribution in [0.25, 0.3) is 0 Å². The number of nitrogens with one attached hydrogen (secondary N) is 3. The monoisotopic (exact) mass is 413 g/mol. The molecule has 0 radical (unpaired) electrons. The molecule has 2 aromatic rings. The first-order chi connectivity index (χ1) is 14.1. The Morgan fingerprint density at radius 3 is 2.13 bits per heavy atom. The van der Waals surface area contributed by atoms with Crippen LogP contribution in [0, 0.1) is 0 Å². The molecule has 0 aliphatic rings. The number of rotatable bonds is 7. The average Bonchev–Trinajstić information content (AvgIpc) is 2.66. The molecule has 3 amide bonds. The molecule has 8 heteroatoms. The number of esters is 1. The number of carbonyl (C=O) groups excluding carboxylic acids is 3. The normalized spacial score (nSPS) is 11.7. The molecule has 30 heavy (non-hydrogen) atoms. The fourth-order valence-electron chi connectivity index (χ4n) is 2.33. The lowest BCUT2D eigenvalue weighted by atomic mass is 10.1. The number of para-hydroxylation sites is 1. The smallest absolute Gasteiger partial charge is 0.344 e. The number of benzene rings is 2. The van der Waals surface area contributed by atoms with Crippen molar-refractivity contribution >= 4 is 29.3 Å². The van der Waals surface area contributed by atoms with Crippen LogP contribution in [0.3, 0.4) is 0 Å². The van der Waals surface area contributed by atoms with Crippen LogP contribution >= 0.6 is 0 Å². The molecule has 0 fully saturated rings. The topological polar surface area (TPSA) is 106 Å². The molecular weight excluding hydrogens is 386 g/mol. The predicted molar refractivity (Wildman–Crippen MR) is 114 cm³/mol. The van der Waals surface area contributed by atoms with Crippen LogP contribution in [0.5, 0.6) is 5.75 Å². The number of ether oxygens (including phenoxy) is 2. The average molecular weight is 413 g/mol. The lowest BCUT2D eigenvalue weighted by Gasteiger charge is -2.21. The second kappa shape index (κ2) is 10.3. The highest BCUT2D eigenvalue weighted by molar-refractivity contribution is 5.97. The molecule has 0 aromatic heterocycles. The zero-order valence-electron chi connectivity index (χ0n) is 17.5. The quantitative estimate of drug-likeness (QED) is 0.601. The highest BCUT2D eigenvalue weighted by atomic mass is 16.6. The first-order valence-corrected chi connectivity index (χ1v) is 9.50. The van der Waals surface area contributed by atoms with Crippen molar-refractivity contribution in [3.05, 3.63) is 54.6 Å². The number of urea groups is 1. The molecule has 0 spiro atoms. The van der Waals surface area contributed by atoms with Gasteiger partial charge >= 0.3 is 12.0 Å². The molecule has 3 N–H and O–H groups in total. The fraction of sp³-hybridized carbons (Fsp3) is 0.318. The number of imide groups is 1. The Hall–Kier alpha value is -3.55. The van der Waals surface area contributed by atoms with Gasteiger partial charge in [-0.25, -0.2) is 9.59 Å². The Morgan fingerprint density at radius 1 is 0.933 bits per heavy atom. The van der Waals surface area contributed by atoms with Gasteiger partial charge in [0.25, 0.3) is 5.91 Å². The summed E-state index contributed by atoms with van der Waals surface area (Å²) in [4.78, 5) is 35.6. The van der Waals surface area contributed by atoms with Crippen molar-refractivity contribution in [1.82, 2.24) is 10.6 Å². The first kappa shape index (κ1) is 22.7. The molecule has 0 bridgehead atoms. The number of anilines is 2. The van der Waals surface area contributed by atoms with Gasteiger partial charge in [-0.2, -0.15) is 0 Å². The van der Waals surface area contributed by atoms with E-state index in [0.717, 1.165) is 11.4 Å². The van der Waals surface area contributed by atoms with Crippen LogP contribution in [0.4, 0.5) is 16.2 Å². The second-order valence-electron chi connectivity index (χ2n) is 7.63. The van der Waals surface area contributed by atoms with Crippen molar-refractivity contribution in [3.63, 3.8) is 0 Å². The van der Waals surface area contributed by atoms with Crippen LogP contribution in [0.1, 0.15) is 27.7 Å². The van der Waals surface area contributed by atoms with Crippen LogP contribution < -0.4 is 20.7 Å². The van der Waals surface area contributed by atoms with Gasteiger partial charge in [0, 0.05) is 16.9 Å². The van der Waals surface area contributed by atoms with Crippen LogP contribution in [-0.4, -0.2) is 36.2 Å². The molecule has 160 valence electrons. The summed E-state index contributed by atoms with van der Waals surface area (Å²) in [5.41, 5.74) is 1.33. The van der Waals surface area contributed by atoms with Crippen molar-refractivity contribution in [2.24, 2.45) is 0 Å². The van der Waals surface area contributed by atoms with Crippen molar-refractivity contribution < 1.29 is 23.9 Å². The van der Waals surface area contributed by atoms with E-state index in [0.29, 0.717) is 5.75 Å². The van der Waals surface area contributed by atoms with Gasteiger partial charge in [-0.3, -0.25) is 10.1 Å². The van der Waals surface area contributed by atoms with Gasteiger partial charge in [0.15, 0.2) is 12.7 Å². The molecule has 0 heterocycles. The van der Waals surface area contributed by atoms with Gasteiger partial charge in [0.1, 0.15) is 5.75 Å². The fourth-order valence-corrected chi connectivity index (χ4v) is 2.33. The Morgan fingerprint density at radius 2 is 1.53 bits per heavy atom. The highest BCUT2D eigenvalue weighted by Crippen LogP contribution is 2.19. The van der Waals surface area contributed by atoms with Crippen LogP contribution in [0.15, 0.2) is 54.6 Å². The van der Waals surface area contributed by atoms with Crippen LogP contribution in [-0.2, 0) is 14.3 Å². The Kier molecular flexibility index (Phi) is 7.80. The molecule has 2 aromatic carbocycles. The summed E-state index contributed by atoms with van der Waals surface area (Å²) in [6.45, 7) is 6.35. The lowest BCUT2D eigenvalue weighted by Crippen LogP contribution is -2.50. The van der Waals surface area contributed by atoms with E-state index in [9.17, 15) is 14.4 Å². The molecular formula is C22H27N3O5. The Bertz CT molecular complexity index is 861. The van der Waals surface area contributed by atoms with Crippen molar-refractivity contribution in [1.29, 1.82) is 0 Å². The lowest BCUT2D eigenvalue weighted by molar-refractivity contribution is -0.156. The van der Waals surface area contributed by atoms with E-state index < -0.39 is 29.6 Å². The second-order valence-corrected chi connectivity index (χ2v) is 7.63. The van der Waals surface area contributed by atoms with E-state index in [1.807, 2.05) is 42.5 Å². The zero-order valence-corrected chi connectivity index (χ0v) is 17.5. The summed E-state index contributed by atoms with van der Waals surface area (Å²) in [7, 11) is 0. The van der Waals surface area contributed by atoms with E-state index >= 15 is 0 Å². The molecule has 2 rings (SSSR count). The zero-order chi connectivity index (χ0) is 22.1. The summed E-state index contributed by atoms with van der Waals surface area (Å²) in [6.07, 6.45) is -1.13. The van der Waals surface area contributed by atoms with E-state index in [4.69, 9.17) is 9.47 Å². The van der Waals surface area contributed by atoms with Crippen LogP contribution in [0.2, 0.25) is 0 Å². The Labute approximate surface area is 175 Å². The maximum absolute atomic E-state index is 11.9. The number of hydrogen-bond donors (Lipinski definition) is 3. The van der Waals surface area contributed by atoms with Crippen molar-refractivity contribution in [3.8, 4) is 5.75 Å². The van der Waals surface area contributed by atoms with E-state index in [2.05, 4.69) is 16.0 Å². The summed E-state index contributed by atoms with van der Waals surface area (Å²) in [6, 6.07) is 16.1. The molecule has 8 nitrogen and oxygen atoms in total. The number of amides is 3. The first-order valence-electron chi connectivity index (χ1n) is 9.50. The van der Waals surface area contributed by atoms with E-state index in [1.54, 1.807) is 32.9 Å². The van der Waals surface area contributed by atoms with Crippen molar-refractivity contribution in [2.45, 2.75) is 39.3 Å². The van der Waals surface area contributed by atoms with Gasteiger partial charge in [0.2, 0.25) is 0 Å². The minimum atomic E-state index is -1.13. The number of hydrogen-bond acceptors (Lipinski definition) is 6. The van der Waals surface area contributed by atoms with E-state index in [1.165, 1.54) is 6.92 Å². The minimum Gasteiger partial charge on any atom is -0.482 e. The molecule has 0 aliphatic carbocycles. The largest absolute Gasteiger partial charge is 0.482 e. The Balaban J connectivity index is 1.75. The molecule has 0 saturated carbocycles. The predicted octanol–water partition coefficient (Wildman–Crippen LogP) is 3.37. The third-order valence-electron chi connectivity index (χ3n) is 3.68. The molecule has 0 aliphatic heterocycles. The highest BCUT2D eigenvalue weighted by Gasteiger charge is 2.22. The summed E-state index contributed by atoms with van der Waals surface area (Å²) in [5.74, 6) is -0.964. The summed E-state index contributed by atoms with van der Waals surface area (Å²) in [5, 5.41) is 7.95. The van der Waals surface area contributed by atoms with Crippen molar-refractivity contribution in [2.75, 3.05) is 11.9 Å². The standard InChI is InChI=1S/C22H27N3O5/c1-15(20(27)24-21(28)25-22(2,3)4)30-19(26)14-29-18-12-10-17(11-13-18)23-16-8-6-5-7-9-16/h5-13,15,23H,14H2,1-4H3,(H2,24,25,27,28)/t15-/m0/s1. The van der Waals surface area contributed by atoms with Gasteiger partial charge in [-0.15, -0.1) is 0 Å². The maximum atomic E-state index is 11.9. The van der Waals surface area contributed by atoms with Gasteiger partial charge in [-0.1, -0.05) is 18.2 Å². The summed E-state index contributed by atoms with van der Waals surface area (Å²) >= 11 is 0. The third kappa shape index (κ3) is 8.22. The van der Waals surface area contributed by atoms with Gasteiger partial charge in [0.05, 0.1) is 0 Å². The molecule has 0 saturated heterocycles. The maximum Gasteiger partial charge on any atom is 0.344 e. The summed E-state index contributed by atoms with van der Waals surface area (Å²) < 4.78 is 10.4. The number of carbonyl (C=O) groups is 3. The van der Waals surface area contributed by atoms with E-state index in [-0.39, 0.29) is 6.61 Å². The molecule has 1 atom stereocenters. The van der Waals surface area contributed by atoms with Gasteiger partial charge < -0.3 is 20.1 Å². The SMILES string of the molecule is C[C@H](OC(=O)COc1ccc(Nc2ccccc2)cc1)C(=O)NC(=O)NC(C)(C)C.